The molecule has 2 aliphatic rings. The molecule has 0 bridgehead atoms. The van der Waals surface area contributed by atoms with Crippen molar-refractivity contribution < 1.29 is 19.2 Å². The highest BCUT2D eigenvalue weighted by molar-refractivity contribution is 6.34. The first-order chi connectivity index (χ1) is 23.5. The molecular weight excluding hydrogens is 608 g/mol. The van der Waals surface area contributed by atoms with Crippen LogP contribution in [0, 0.1) is 0 Å². The molecule has 0 unspecified atom stereocenters. The van der Waals surface area contributed by atoms with Crippen LogP contribution in [0.25, 0.3) is 43.6 Å². The summed E-state index contributed by atoms with van der Waals surface area (Å²) in [5, 5.41) is 3.48. The summed E-state index contributed by atoms with van der Waals surface area (Å²) in [7, 11) is 0. The average Bonchev–Trinajstić information content (AvgIpc) is 3.79. The number of benzene rings is 4. The van der Waals surface area contributed by atoms with Crippen LogP contribution >= 0.6 is 0 Å². The number of amides is 4. The molecule has 48 heavy (non-hydrogen) atoms. The molecule has 8 aromatic rings. The number of hydrogen-bond acceptors (Lipinski definition) is 8. The molecular formula is C36H18N8O4. The minimum atomic E-state index is -0.519. The van der Waals surface area contributed by atoms with E-state index in [0.717, 1.165) is 53.4 Å². The van der Waals surface area contributed by atoms with Crippen LogP contribution in [0.1, 0.15) is 42.0 Å². The minimum absolute atomic E-state index is 0.0309. The first-order valence-corrected chi connectivity index (χ1v) is 15.0. The summed E-state index contributed by atoms with van der Waals surface area (Å²) in [6, 6.07) is 26.8. The van der Waals surface area contributed by atoms with Gasteiger partial charge in [0.15, 0.2) is 22.8 Å². The molecule has 0 radical (unpaired) electrons. The highest BCUT2D eigenvalue weighted by atomic mass is 16.2. The number of nitrogens with zero attached hydrogens (tertiary/aromatic N) is 8. The molecule has 6 heterocycles. The second-order valence-corrected chi connectivity index (χ2v) is 11.5. The zero-order valence-corrected chi connectivity index (χ0v) is 24.6. The second kappa shape index (κ2) is 9.23. The SMILES string of the molecule is O=C1c2nccnc2C(=O)N1c1ccc2c(c1)c1ccccc1n2-n1c2ccccc2c2cc(N3C(=O)c4nccnc4C3=O)ccc21. The van der Waals surface area contributed by atoms with Crippen molar-refractivity contribution in [3.05, 3.63) is 132 Å². The molecule has 226 valence electrons. The van der Waals surface area contributed by atoms with Crippen molar-refractivity contribution in [2.45, 2.75) is 0 Å². The first-order valence-electron chi connectivity index (χ1n) is 15.0. The number of aromatic nitrogens is 6. The van der Waals surface area contributed by atoms with Gasteiger partial charge in [0, 0.05) is 46.3 Å². The van der Waals surface area contributed by atoms with Crippen molar-refractivity contribution in [2.24, 2.45) is 0 Å². The summed E-state index contributed by atoms with van der Waals surface area (Å²) in [4.78, 5) is 71.7. The van der Waals surface area contributed by atoms with Gasteiger partial charge in [-0.05, 0) is 48.5 Å². The van der Waals surface area contributed by atoms with Gasteiger partial charge >= 0.3 is 0 Å². The van der Waals surface area contributed by atoms with Gasteiger partial charge in [-0.25, -0.2) is 39.1 Å². The normalized spacial score (nSPS) is 14.3. The number of hydrogen-bond donors (Lipinski definition) is 0. The quantitative estimate of drug-likeness (QED) is 0.238. The summed E-state index contributed by atoms with van der Waals surface area (Å²) in [6.07, 6.45) is 5.58. The van der Waals surface area contributed by atoms with Gasteiger partial charge < -0.3 is 0 Å². The van der Waals surface area contributed by atoms with Gasteiger partial charge in [0.1, 0.15) is 0 Å². The zero-order chi connectivity index (χ0) is 32.3. The Bertz CT molecular complexity index is 2540. The third kappa shape index (κ3) is 3.27. The van der Waals surface area contributed by atoms with Gasteiger partial charge in [-0.15, -0.1) is 0 Å². The first kappa shape index (κ1) is 26.2. The molecule has 0 atom stereocenters. The Morgan fingerprint density at radius 2 is 0.708 bits per heavy atom. The van der Waals surface area contributed by atoms with Crippen molar-refractivity contribution in [2.75, 3.05) is 9.80 Å². The lowest BCUT2D eigenvalue weighted by atomic mass is 10.1. The van der Waals surface area contributed by atoms with Gasteiger partial charge in [-0.2, -0.15) is 0 Å². The average molecular weight is 627 g/mol. The van der Waals surface area contributed by atoms with Crippen LogP contribution in [-0.2, 0) is 0 Å². The lowest BCUT2D eigenvalue weighted by Gasteiger charge is -2.16. The van der Waals surface area contributed by atoms with Gasteiger partial charge in [0.05, 0.1) is 33.4 Å². The highest BCUT2D eigenvalue weighted by Gasteiger charge is 2.40. The molecule has 0 N–H and O–H groups in total. The fourth-order valence-corrected chi connectivity index (χ4v) is 6.97. The van der Waals surface area contributed by atoms with Crippen molar-refractivity contribution in [3.8, 4) is 0 Å². The third-order valence-corrected chi connectivity index (χ3v) is 9.00. The van der Waals surface area contributed by atoms with Crippen LogP contribution in [0.2, 0.25) is 0 Å². The number of carbonyl (C=O) groups is 4. The van der Waals surface area contributed by atoms with E-state index in [1.807, 2.05) is 72.8 Å². The fourth-order valence-electron chi connectivity index (χ4n) is 6.97. The monoisotopic (exact) mass is 626 g/mol. The highest BCUT2D eigenvalue weighted by Crippen LogP contribution is 2.39. The van der Waals surface area contributed by atoms with Crippen molar-refractivity contribution in [1.82, 2.24) is 29.3 Å². The Morgan fingerprint density at radius 1 is 0.375 bits per heavy atom. The minimum Gasteiger partial charge on any atom is -0.266 e. The predicted octanol–water partition coefficient (Wildman–Crippen LogP) is 5.40. The molecule has 4 amide bonds. The summed E-state index contributed by atoms with van der Waals surface area (Å²) in [5.41, 5.74) is 4.39. The lowest BCUT2D eigenvalue weighted by Crippen LogP contribution is -2.29. The lowest BCUT2D eigenvalue weighted by molar-refractivity contribution is 0.0907. The Kier molecular flexibility index (Phi) is 5.03. The maximum absolute atomic E-state index is 13.3. The molecule has 0 spiro atoms. The standard InChI is InChI=1S/C36H18N8O4/c45-33-29-30(38-14-13-37-29)34(46)41(33)19-9-11-27-23(17-19)21-5-1-3-7-25(21)43(27)44-26-8-4-2-6-22(26)24-18-20(10-12-28(24)44)42-35(47)31-32(36(42)48)40-16-15-39-31/h1-18H. The fraction of sp³-hybridized carbons (Fsp3) is 0. The van der Waals surface area contributed by atoms with Crippen LogP contribution in [0.5, 0.6) is 0 Å². The van der Waals surface area contributed by atoms with E-state index in [2.05, 4.69) is 29.3 Å². The molecule has 0 aliphatic carbocycles. The van der Waals surface area contributed by atoms with Crippen molar-refractivity contribution in [3.63, 3.8) is 0 Å². The molecule has 10 rings (SSSR count). The third-order valence-electron chi connectivity index (χ3n) is 9.00. The van der Waals surface area contributed by atoms with E-state index in [1.165, 1.54) is 24.8 Å². The predicted molar refractivity (Wildman–Crippen MR) is 176 cm³/mol. The van der Waals surface area contributed by atoms with Crippen LogP contribution in [0.15, 0.2) is 110 Å². The van der Waals surface area contributed by atoms with Gasteiger partial charge in [-0.3, -0.25) is 19.2 Å². The molecule has 4 aromatic heterocycles. The summed E-state index contributed by atoms with van der Waals surface area (Å²) < 4.78 is 4.19. The largest absolute Gasteiger partial charge is 0.286 e. The zero-order valence-electron chi connectivity index (χ0n) is 24.6. The number of rotatable bonds is 3. The topological polar surface area (TPSA) is 136 Å². The summed E-state index contributed by atoms with van der Waals surface area (Å²) in [6.45, 7) is 0. The maximum atomic E-state index is 13.3. The Balaban J connectivity index is 1.19. The van der Waals surface area contributed by atoms with Crippen LogP contribution in [0.4, 0.5) is 11.4 Å². The molecule has 12 heteroatoms. The molecule has 2 aliphatic heterocycles. The van der Waals surface area contributed by atoms with E-state index in [0.29, 0.717) is 11.4 Å². The number of fused-ring (bicyclic) bond motifs is 8. The van der Waals surface area contributed by atoms with Gasteiger partial charge in [-0.1, -0.05) is 36.4 Å². The summed E-state index contributed by atoms with van der Waals surface area (Å²) >= 11 is 0. The van der Waals surface area contributed by atoms with E-state index in [-0.39, 0.29) is 22.8 Å². The number of imide groups is 2. The Morgan fingerprint density at radius 3 is 1.08 bits per heavy atom. The number of anilines is 2. The van der Waals surface area contributed by atoms with Crippen LogP contribution in [-0.4, -0.2) is 52.9 Å². The van der Waals surface area contributed by atoms with E-state index >= 15 is 0 Å². The second-order valence-electron chi connectivity index (χ2n) is 11.5. The Labute approximate surface area is 269 Å². The molecule has 12 nitrogen and oxygen atoms in total. The molecule has 0 saturated carbocycles. The van der Waals surface area contributed by atoms with Gasteiger partial charge in [0.25, 0.3) is 23.6 Å². The summed E-state index contributed by atoms with van der Waals surface area (Å²) in [5.74, 6) is -2.08. The smallest absolute Gasteiger partial charge is 0.266 e. The van der Waals surface area contributed by atoms with E-state index in [4.69, 9.17) is 0 Å². The van der Waals surface area contributed by atoms with E-state index < -0.39 is 23.6 Å². The maximum Gasteiger partial charge on any atom is 0.286 e. The molecule has 4 aromatic carbocycles. The number of para-hydroxylation sites is 2. The van der Waals surface area contributed by atoms with Crippen molar-refractivity contribution in [1.29, 1.82) is 0 Å². The molecule has 0 fully saturated rings. The van der Waals surface area contributed by atoms with Crippen LogP contribution in [0.3, 0.4) is 0 Å². The Hall–Kier alpha value is -7.08. The number of carbonyl (C=O) groups excluding carboxylic acids is 4. The van der Waals surface area contributed by atoms with E-state index in [9.17, 15) is 19.2 Å². The molecule has 0 saturated heterocycles. The van der Waals surface area contributed by atoms with E-state index in [1.54, 1.807) is 12.1 Å². The van der Waals surface area contributed by atoms with Crippen molar-refractivity contribution >= 4 is 78.6 Å². The van der Waals surface area contributed by atoms with Crippen LogP contribution < -0.4 is 9.80 Å². The van der Waals surface area contributed by atoms with Gasteiger partial charge in [0.2, 0.25) is 0 Å².